The summed E-state index contributed by atoms with van der Waals surface area (Å²) in [6, 6.07) is 0. The molecule has 7 nitrogen and oxygen atoms in total. The molecule has 0 saturated carbocycles. The molecule has 0 aromatic carbocycles. The Balaban J connectivity index is 2.61. The molecule has 0 aliphatic carbocycles. The van der Waals surface area contributed by atoms with Crippen LogP contribution >= 0.6 is 0 Å². The lowest BCUT2D eigenvalue weighted by atomic mass is 10.2. The van der Waals surface area contributed by atoms with Crippen molar-refractivity contribution in [2.45, 2.75) is 32.9 Å². The Hall–Kier alpha value is -1.63. The molecule has 0 radical (unpaired) electrons. The molecule has 1 heterocycles. The Morgan fingerprint density at radius 1 is 1.59 bits per heavy atom. The fraction of sp³-hybridized carbons (Fsp3) is 0.700. The van der Waals surface area contributed by atoms with E-state index >= 15 is 0 Å². The number of nitrogens with zero attached hydrogens (tertiary/aromatic N) is 3. The van der Waals surface area contributed by atoms with E-state index in [4.69, 9.17) is 14.0 Å². The highest BCUT2D eigenvalue weighted by molar-refractivity contribution is 5.65. The molecular weight excluding hydrogens is 226 g/mol. The van der Waals surface area contributed by atoms with Crippen molar-refractivity contribution in [2.75, 3.05) is 13.7 Å². The van der Waals surface area contributed by atoms with Gasteiger partial charge in [-0.05, 0) is 4.68 Å². The van der Waals surface area contributed by atoms with Crippen LogP contribution in [-0.4, -0.2) is 30.7 Å². The lowest BCUT2D eigenvalue weighted by Crippen LogP contribution is -2.36. The molecular formula is C10H17N3O4. The minimum atomic E-state index is -0.701. The SMILES string of the molecule is COCC[n+]1cc(/N=C(\[O-])OC(C)(C)C)on1. The molecule has 0 spiro atoms. The fourth-order valence-electron chi connectivity index (χ4n) is 0.983. The number of rotatable bonds is 4. The van der Waals surface area contributed by atoms with Crippen LogP contribution in [-0.2, 0) is 16.0 Å². The molecule has 1 rings (SSSR count). The summed E-state index contributed by atoms with van der Waals surface area (Å²) >= 11 is 0. The average molecular weight is 243 g/mol. The van der Waals surface area contributed by atoms with Gasteiger partial charge in [0.25, 0.3) is 6.20 Å². The fourth-order valence-corrected chi connectivity index (χ4v) is 0.983. The van der Waals surface area contributed by atoms with Crippen LogP contribution in [0.3, 0.4) is 0 Å². The summed E-state index contributed by atoms with van der Waals surface area (Å²) in [5.41, 5.74) is -0.577. The highest BCUT2D eigenvalue weighted by Crippen LogP contribution is 2.10. The Morgan fingerprint density at radius 3 is 2.88 bits per heavy atom. The zero-order valence-electron chi connectivity index (χ0n) is 10.5. The molecule has 1 aromatic rings. The number of ether oxygens (including phenoxy) is 2. The van der Waals surface area contributed by atoms with Crippen LogP contribution < -0.4 is 9.79 Å². The van der Waals surface area contributed by atoms with Crippen molar-refractivity contribution in [3.05, 3.63) is 6.20 Å². The third-order valence-corrected chi connectivity index (χ3v) is 1.62. The predicted molar refractivity (Wildman–Crippen MR) is 56.5 cm³/mol. The smallest absolute Gasteiger partial charge is 0.323 e. The first-order valence-corrected chi connectivity index (χ1v) is 5.21. The van der Waals surface area contributed by atoms with Gasteiger partial charge in [-0.25, -0.2) is 0 Å². The summed E-state index contributed by atoms with van der Waals surface area (Å²) in [6.07, 6.45) is 0.802. The second-order valence-electron chi connectivity index (χ2n) is 4.39. The summed E-state index contributed by atoms with van der Waals surface area (Å²) < 4.78 is 16.2. The minimum absolute atomic E-state index is 0.107. The first-order chi connectivity index (χ1) is 7.90. The van der Waals surface area contributed by atoms with E-state index in [0.29, 0.717) is 13.2 Å². The summed E-state index contributed by atoms with van der Waals surface area (Å²) in [7, 11) is 1.59. The molecule has 17 heavy (non-hydrogen) atoms. The van der Waals surface area contributed by atoms with E-state index in [2.05, 4.69) is 10.3 Å². The van der Waals surface area contributed by atoms with E-state index in [1.165, 1.54) is 10.9 Å². The normalized spacial score (nSPS) is 12.8. The molecule has 0 bridgehead atoms. The van der Waals surface area contributed by atoms with Crippen molar-refractivity contribution in [3.8, 4) is 0 Å². The van der Waals surface area contributed by atoms with Crippen LogP contribution in [0, 0.1) is 0 Å². The molecule has 96 valence electrons. The van der Waals surface area contributed by atoms with Gasteiger partial charge in [0.05, 0.1) is 0 Å². The summed E-state index contributed by atoms with van der Waals surface area (Å²) in [4.78, 5) is 3.62. The van der Waals surface area contributed by atoms with Crippen LogP contribution in [0.25, 0.3) is 0 Å². The maximum Gasteiger partial charge on any atom is 0.323 e. The molecule has 0 N–H and O–H groups in total. The number of hydrogen-bond acceptors (Lipinski definition) is 6. The van der Waals surface area contributed by atoms with E-state index < -0.39 is 11.7 Å². The largest absolute Gasteiger partial charge is 0.594 e. The van der Waals surface area contributed by atoms with E-state index in [-0.39, 0.29) is 5.88 Å². The molecule has 0 aliphatic heterocycles. The van der Waals surface area contributed by atoms with Crippen molar-refractivity contribution in [2.24, 2.45) is 4.99 Å². The number of aliphatic imine (C=N–C) groups is 1. The molecule has 7 heteroatoms. The zero-order valence-corrected chi connectivity index (χ0v) is 10.5. The van der Waals surface area contributed by atoms with Gasteiger partial charge >= 0.3 is 5.88 Å². The quantitative estimate of drug-likeness (QED) is 0.414. The van der Waals surface area contributed by atoms with Crippen molar-refractivity contribution < 1.29 is 23.8 Å². The molecule has 0 unspecified atom stereocenters. The summed E-state index contributed by atoms with van der Waals surface area (Å²) in [5, 5.41) is 15.0. The zero-order chi connectivity index (χ0) is 12.9. The monoisotopic (exact) mass is 243 g/mol. The highest BCUT2D eigenvalue weighted by Gasteiger charge is 2.11. The van der Waals surface area contributed by atoms with Gasteiger partial charge in [0.1, 0.15) is 6.61 Å². The highest BCUT2D eigenvalue weighted by atomic mass is 16.6. The average Bonchev–Trinajstić information content (AvgIpc) is 2.59. The third-order valence-electron chi connectivity index (χ3n) is 1.62. The first kappa shape index (κ1) is 13.4. The Bertz CT molecular complexity index is 381. The standard InChI is InChI=1S/C10H17N3O4/c1-10(2,3)16-9(14)11-8-7-13(12-17-8)5-6-15-4/h7H,5-6H2,1-4H3. The van der Waals surface area contributed by atoms with Gasteiger partial charge in [-0.3, -0.25) is 4.52 Å². The van der Waals surface area contributed by atoms with Crippen LogP contribution in [0.15, 0.2) is 15.7 Å². The lowest BCUT2D eigenvalue weighted by molar-refractivity contribution is -0.763. The lowest BCUT2D eigenvalue weighted by Gasteiger charge is -2.28. The Labute approximate surface area is 99.6 Å². The van der Waals surface area contributed by atoms with Gasteiger partial charge in [-0.15, -0.1) is 0 Å². The van der Waals surface area contributed by atoms with Gasteiger partial charge in [0, 0.05) is 12.7 Å². The molecule has 0 aliphatic rings. The second-order valence-corrected chi connectivity index (χ2v) is 4.39. The molecule has 0 saturated heterocycles. The first-order valence-electron chi connectivity index (χ1n) is 5.21. The van der Waals surface area contributed by atoms with Crippen molar-refractivity contribution in [1.82, 2.24) is 5.27 Å². The van der Waals surface area contributed by atoms with E-state index in [1.54, 1.807) is 27.9 Å². The van der Waals surface area contributed by atoms with Gasteiger partial charge in [0.15, 0.2) is 6.08 Å². The van der Waals surface area contributed by atoms with Crippen LogP contribution in [0.2, 0.25) is 0 Å². The van der Waals surface area contributed by atoms with Crippen molar-refractivity contribution in [1.29, 1.82) is 0 Å². The van der Waals surface area contributed by atoms with Crippen LogP contribution in [0.1, 0.15) is 20.8 Å². The van der Waals surface area contributed by atoms with Gasteiger partial charge in [-0.2, -0.15) is 4.99 Å². The van der Waals surface area contributed by atoms with Crippen LogP contribution in [0.4, 0.5) is 5.88 Å². The number of aromatic nitrogens is 2. The summed E-state index contributed by atoms with van der Waals surface area (Å²) in [5.74, 6) is 0.107. The summed E-state index contributed by atoms with van der Waals surface area (Å²) in [6.45, 7) is 6.33. The maximum atomic E-state index is 11.3. The van der Waals surface area contributed by atoms with Gasteiger partial charge in [0.2, 0.25) is 11.8 Å². The van der Waals surface area contributed by atoms with E-state index in [0.717, 1.165) is 0 Å². The predicted octanol–water partition coefficient (Wildman–Crippen LogP) is -0.229. The Morgan fingerprint density at radius 2 is 2.29 bits per heavy atom. The molecule has 1 aromatic heterocycles. The van der Waals surface area contributed by atoms with Crippen LogP contribution in [0.5, 0.6) is 0 Å². The van der Waals surface area contributed by atoms with Gasteiger partial charge in [-0.1, -0.05) is 20.8 Å². The van der Waals surface area contributed by atoms with Crippen molar-refractivity contribution in [3.63, 3.8) is 0 Å². The minimum Gasteiger partial charge on any atom is -0.594 e. The molecule has 0 fully saturated rings. The number of hydrogen-bond donors (Lipinski definition) is 0. The molecule has 0 amide bonds. The molecule has 0 atom stereocenters. The van der Waals surface area contributed by atoms with E-state index in [1.807, 2.05) is 0 Å². The topological polar surface area (TPSA) is 83.8 Å². The third kappa shape index (κ3) is 5.30. The number of methoxy groups -OCH3 is 1. The van der Waals surface area contributed by atoms with Crippen molar-refractivity contribution >= 4 is 12.0 Å². The van der Waals surface area contributed by atoms with Gasteiger partial charge < -0.3 is 14.6 Å². The van der Waals surface area contributed by atoms with E-state index in [9.17, 15) is 5.11 Å². The Kier molecular flexibility index (Phi) is 4.45. The second kappa shape index (κ2) is 5.62. The maximum absolute atomic E-state index is 11.3.